The molecule has 6 N–H and O–H groups in total. The molecule has 8 fully saturated rings. The third kappa shape index (κ3) is 6.60. The van der Waals surface area contributed by atoms with Crippen LogP contribution in [0.4, 0.5) is 0 Å². The summed E-state index contributed by atoms with van der Waals surface area (Å²) in [4.78, 5) is 24.4. The molecule has 2 spiro atoms. The SMILES string of the molecule is CC(=O)O[C@@H]1[C@@H](OC(C)=O)[C@H](O[C@H]2CC[C@]34C[C@]35CC[C@]3(C)[C@@H]([C@@]6(C)C[C@@H](C(C)(C)O)CO6)[C@@H](O)C[C@@]3(C)[C@@H]5C[C@H](O[C@@H]3OC[C@@H](O)[C@H](O)[C@H]3O)[C@H]4C2(C)C)OC[C@H]1O. The second kappa shape index (κ2) is 14.5. The number of hydrogen-bond donors (Lipinski definition) is 6. The van der Waals surface area contributed by atoms with Gasteiger partial charge >= 0.3 is 11.9 Å². The van der Waals surface area contributed by atoms with E-state index in [1.807, 2.05) is 13.8 Å². The summed E-state index contributed by atoms with van der Waals surface area (Å²) in [7, 11) is 0. The summed E-state index contributed by atoms with van der Waals surface area (Å²) in [5, 5.41) is 66.3. The zero-order chi connectivity index (χ0) is 43.0. The third-order valence-corrected chi connectivity index (χ3v) is 17.9. The number of fused-ring (bicyclic) bond motifs is 2. The summed E-state index contributed by atoms with van der Waals surface area (Å²) in [6.45, 7) is 17.3. The summed E-state index contributed by atoms with van der Waals surface area (Å²) in [6.07, 6.45) is -5.71. The first-order chi connectivity index (χ1) is 27.3. The highest BCUT2D eigenvalue weighted by molar-refractivity contribution is 5.67. The maximum Gasteiger partial charge on any atom is 0.303 e. The molecule has 3 aliphatic heterocycles. The van der Waals surface area contributed by atoms with E-state index in [0.29, 0.717) is 32.3 Å². The quantitative estimate of drug-likeness (QED) is 0.153. The van der Waals surface area contributed by atoms with Crippen molar-refractivity contribution in [3.8, 4) is 0 Å². The van der Waals surface area contributed by atoms with Crippen LogP contribution >= 0.6 is 0 Å². The first kappa shape index (κ1) is 44.1. The van der Waals surface area contributed by atoms with E-state index in [0.717, 1.165) is 25.7 Å². The van der Waals surface area contributed by atoms with Gasteiger partial charge < -0.3 is 63.8 Å². The van der Waals surface area contributed by atoms with Gasteiger partial charge in [-0.15, -0.1) is 0 Å². The molecular weight excluding hydrogens is 768 g/mol. The maximum absolute atomic E-state index is 12.3. The van der Waals surface area contributed by atoms with Crippen molar-refractivity contribution in [3.63, 3.8) is 0 Å². The molecule has 0 bridgehead atoms. The van der Waals surface area contributed by atoms with Crippen molar-refractivity contribution in [1.29, 1.82) is 0 Å². The summed E-state index contributed by atoms with van der Waals surface area (Å²) in [5.74, 6) is -1.53. The van der Waals surface area contributed by atoms with Crippen LogP contribution in [0.1, 0.15) is 114 Å². The van der Waals surface area contributed by atoms with E-state index in [-0.39, 0.29) is 58.5 Å². The van der Waals surface area contributed by atoms with Gasteiger partial charge in [-0.3, -0.25) is 9.59 Å². The van der Waals surface area contributed by atoms with Crippen LogP contribution in [0.2, 0.25) is 0 Å². The molecule has 8 rings (SSSR count). The first-order valence-electron chi connectivity index (χ1n) is 22.0. The lowest BCUT2D eigenvalue weighted by Gasteiger charge is -2.65. The highest BCUT2D eigenvalue weighted by Gasteiger charge is 2.85. The van der Waals surface area contributed by atoms with Gasteiger partial charge in [0.1, 0.15) is 24.4 Å². The highest BCUT2D eigenvalue weighted by Crippen LogP contribution is 2.89. The van der Waals surface area contributed by atoms with Crippen molar-refractivity contribution in [2.75, 3.05) is 19.8 Å². The minimum Gasteiger partial charge on any atom is -0.455 e. The van der Waals surface area contributed by atoms with Crippen LogP contribution in [-0.2, 0) is 42.7 Å². The average Bonchev–Trinajstić information content (AvgIpc) is 3.49. The fraction of sp³-hybridized carbons (Fsp3) is 0.955. The fourth-order valence-electron chi connectivity index (χ4n) is 15.2. The van der Waals surface area contributed by atoms with Crippen LogP contribution in [0.3, 0.4) is 0 Å². The Bertz CT molecular complexity index is 1630. The van der Waals surface area contributed by atoms with Crippen molar-refractivity contribution >= 4 is 11.9 Å². The van der Waals surface area contributed by atoms with E-state index in [1.54, 1.807) is 0 Å². The number of rotatable bonds is 8. The summed E-state index contributed by atoms with van der Waals surface area (Å²) in [6, 6.07) is 0. The smallest absolute Gasteiger partial charge is 0.303 e. The second-order valence-electron chi connectivity index (χ2n) is 21.8. The molecule has 5 aliphatic carbocycles. The van der Waals surface area contributed by atoms with Gasteiger partial charge in [-0.1, -0.05) is 27.7 Å². The zero-order valence-corrected chi connectivity index (χ0v) is 36.3. The standard InChI is InChI=1S/C44H70O15/c1-21(45)56-32-26(49)19-54-37(33(32)57-22(2)46)59-29-10-11-44-20-43(44)13-12-40(7)34(42(9)15-23(17-55-42)39(5,6)52)24(47)16-41(40,8)28(43)14-27(35(44)38(29,3)4)58-36-31(51)30(50)25(48)18-53-36/h23-37,47-52H,10-20H2,1-9H3/t23-,24+,25-,26-,27+,28+,29+,30+,31-,32+,33-,34+,35+,36+,37+,40-,41+,42-,43+,44-/m1/s1. The van der Waals surface area contributed by atoms with E-state index in [1.165, 1.54) is 13.8 Å². The van der Waals surface area contributed by atoms with E-state index in [9.17, 15) is 40.2 Å². The number of carbonyl (C=O) groups excluding carboxylic acids is 2. The first-order valence-corrected chi connectivity index (χ1v) is 22.0. The summed E-state index contributed by atoms with van der Waals surface area (Å²) < 4.78 is 43.4. The van der Waals surface area contributed by atoms with E-state index < -0.39 is 96.1 Å². The van der Waals surface area contributed by atoms with Gasteiger partial charge in [-0.25, -0.2) is 0 Å². The maximum atomic E-state index is 12.3. The Labute approximate surface area is 347 Å². The molecule has 0 aromatic rings. The lowest BCUT2D eigenvalue weighted by molar-refractivity contribution is -0.327. The molecule has 3 heterocycles. The Morgan fingerprint density at radius 2 is 1.34 bits per heavy atom. The second-order valence-corrected chi connectivity index (χ2v) is 21.8. The molecule has 0 amide bonds. The predicted octanol–water partition coefficient (Wildman–Crippen LogP) is 2.36. The molecule has 15 heteroatoms. The van der Waals surface area contributed by atoms with Crippen LogP contribution in [0, 0.1) is 50.7 Å². The number of ether oxygens (including phenoxy) is 7. The molecule has 20 atom stereocenters. The van der Waals surface area contributed by atoms with E-state index in [4.69, 9.17) is 33.2 Å². The van der Waals surface area contributed by atoms with Crippen LogP contribution in [0.25, 0.3) is 0 Å². The Morgan fingerprint density at radius 3 is 1.98 bits per heavy atom. The van der Waals surface area contributed by atoms with Gasteiger partial charge in [0.05, 0.1) is 49.3 Å². The van der Waals surface area contributed by atoms with Crippen molar-refractivity contribution in [2.24, 2.45) is 50.7 Å². The normalized spacial score (nSPS) is 54.0. The van der Waals surface area contributed by atoms with E-state index in [2.05, 4.69) is 34.6 Å². The van der Waals surface area contributed by atoms with Crippen molar-refractivity contribution in [2.45, 2.75) is 192 Å². The largest absolute Gasteiger partial charge is 0.455 e. The van der Waals surface area contributed by atoms with Gasteiger partial charge in [0, 0.05) is 25.7 Å². The van der Waals surface area contributed by atoms with Crippen LogP contribution in [-0.4, -0.2) is 141 Å². The van der Waals surface area contributed by atoms with Crippen molar-refractivity contribution in [3.05, 3.63) is 0 Å². The summed E-state index contributed by atoms with van der Waals surface area (Å²) in [5.41, 5.74) is -3.06. The van der Waals surface area contributed by atoms with Gasteiger partial charge in [-0.05, 0) is 111 Å². The molecule has 0 aromatic heterocycles. The lowest BCUT2D eigenvalue weighted by atomic mass is 9.41. The van der Waals surface area contributed by atoms with Crippen LogP contribution in [0.5, 0.6) is 0 Å². The fourth-order valence-corrected chi connectivity index (χ4v) is 15.2. The number of hydrogen-bond acceptors (Lipinski definition) is 15. The molecule has 0 radical (unpaired) electrons. The number of aliphatic hydroxyl groups excluding tert-OH is 5. The molecule has 59 heavy (non-hydrogen) atoms. The average molecular weight is 839 g/mol. The number of esters is 2. The van der Waals surface area contributed by atoms with Gasteiger partial charge in [0.2, 0.25) is 0 Å². The molecule has 15 nitrogen and oxygen atoms in total. The van der Waals surface area contributed by atoms with Gasteiger partial charge in [-0.2, -0.15) is 0 Å². The minimum absolute atomic E-state index is 0.0543. The minimum atomic E-state index is -1.49. The molecule has 336 valence electrons. The highest BCUT2D eigenvalue weighted by atomic mass is 16.7. The van der Waals surface area contributed by atoms with E-state index >= 15 is 0 Å². The van der Waals surface area contributed by atoms with Crippen LogP contribution in [0.15, 0.2) is 0 Å². The number of carbonyl (C=O) groups is 2. The monoisotopic (exact) mass is 838 g/mol. The third-order valence-electron chi connectivity index (χ3n) is 17.9. The van der Waals surface area contributed by atoms with Crippen LogP contribution < -0.4 is 0 Å². The van der Waals surface area contributed by atoms with Gasteiger partial charge in [0.25, 0.3) is 0 Å². The Hall–Kier alpha value is -1.50. The Morgan fingerprint density at radius 1 is 0.695 bits per heavy atom. The molecule has 3 saturated heterocycles. The Kier molecular flexibility index (Phi) is 10.9. The predicted molar refractivity (Wildman–Crippen MR) is 207 cm³/mol. The van der Waals surface area contributed by atoms with Gasteiger partial charge in [0.15, 0.2) is 24.8 Å². The topological polar surface area (TPSA) is 220 Å². The zero-order valence-electron chi connectivity index (χ0n) is 36.3. The molecular formula is C44H70O15. The molecule has 0 unspecified atom stereocenters. The molecule has 5 saturated carbocycles. The molecule has 0 aromatic carbocycles. The number of aliphatic hydroxyl groups is 6. The van der Waals surface area contributed by atoms with Crippen molar-refractivity contribution in [1.82, 2.24) is 0 Å². The molecule has 8 aliphatic rings. The summed E-state index contributed by atoms with van der Waals surface area (Å²) >= 11 is 0. The lowest BCUT2D eigenvalue weighted by Crippen LogP contribution is -2.65. The Balaban J connectivity index is 1.13. The van der Waals surface area contributed by atoms with Crippen molar-refractivity contribution < 1.29 is 73.4 Å².